The topological polar surface area (TPSA) is 115 Å². The van der Waals surface area contributed by atoms with Gasteiger partial charge in [-0.2, -0.15) is 14.9 Å². The van der Waals surface area contributed by atoms with E-state index in [0.717, 1.165) is 42.0 Å². The van der Waals surface area contributed by atoms with Crippen molar-refractivity contribution in [2.75, 3.05) is 11.5 Å². The smallest absolute Gasteiger partial charge is 0.214 e. The average Bonchev–Trinajstić information content (AvgIpc) is 3.37. The van der Waals surface area contributed by atoms with Crippen molar-refractivity contribution in [3.05, 3.63) is 59.2 Å². The molecule has 2 aromatic heterocycles. The molecule has 9 heteroatoms. The Bertz CT molecular complexity index is 1140. The predicted molar refractivity (Wildman–Crippen MR) is 146 cm³/mol. The molecule has 4 atom stereocenters. The van der Waals surface area contributed by atoms with Gasteiger partial charge in [-0.25, -0.2) is 4.21 Å². The van der Waals surface area contributed by atoms with Gasteiger partial charge in [0.1, 0.15) is 0 Å². The lowest BCUT2D eigenvalue weighted by atomic mass is 10.1. The normalized spacial score (nSPS) is 24.6. The second kappa shape index (κ2) is 14.6. The van der Waals surface area contributed by atoms with Crippen LogP contribution in [0.1, 0.15) is 82.4 Å². The lowest BCUT2D eigenvalue weighted by Crippen LogP contribution is -2.08. The van der Waals surface area contributed by atoms with E-state index < -0.39 is 9.73 Å². The van der Waals surface area contributed by atoms with Crippen LogP contribution in [-0.4, -0.2) is 25.7 Å². The van der Waals surface area contributed by atoms with Gasteiger partial charge in [-0.3, -0.25) is 9.97 Å². The summed E-state index contributed by atoms with van der Waals surface area (Å²) in [6.07, 6.45) is 11.3. The highest BCUT2D eigenvalue weighted by Crippen LogP contribution is 2.36. The summed E-state index contributed by atoms with van der Waals surface area (Å²) in [5.74, 6) is 1.59. The van der Waals surface area contributed by atoms with Crippen molar-refractivity contribution in [3.8, 4) is 12.4 Å². The van der Waals surface area contributed by atoms with Crippen LogP contribution in [0.3, 0.4) is 0 Å². The number of nitrogens with zero attached hydrogens (tertiary/aromatic N) is 6. The van der Waals surface area contributed by atoms with E-state index in [-0.39, 0.29) is 39.6 Å². The van der Waals surface area contributed by atoms with Crippen molar-refractivity contribution in [3.63, 3.8) is 0 Å². The molecule has 188 valence electrons. The number of aryl methyl sites for hydroxylation is 2. The molecule has 4 rings (SSSR count). The number of hydrogen-bond acceptors (Lipinski definition) is 7. The molecule has 0 N–H and O–H groups in total. The third-order valence-electron chi connectivity index (χ3n) is 5.46. The van der Waals surface area contributed by atoms with Crippen LogP contribution >= 0.6 is 0 Å². The van der Waals surface area contributed by atoms with Gasteiger partial charge >= 0.3 is 0 Å². The largest absolute Gasteiger partial charge is 0.261 e. The summed E-state index contributed by atoms with van der Waals surface area (Å²) in [6, 6.07) is 7.98. The molecular weight excluding hydrogens is 464 g/mol. The molecule has 2 aliphatic heterocycles. The first kappa shape index (κ1) is 31.4. The molecule has 7 nitrogen and oxygen atoms in total. The first-order valence-electron chi connectivity index (χ1n) is 10.2. The number of nitriles is 2. The Balaban J connectivity index is 0. The van der Waals surface area contributed by atoms with Crippen LogP contribution in [0.15, 0.2) is 45.4 Å². The minimum absolute atomic E-state index is 0. The predicted octanol–water partition coefficient (Wildman–Crippen LogP) is 6.84. The van der Waals surface area contributed by atoms with Gasteiger partial charge in [-0.05, 0) is 62.8 Å². The van der Waals surface area contributed by atoms with E-state index in [0.29, 0.717) is 11.0 Å². The number of rotatable bonds is 2. The molecule has 4 unspecified atom stereocenters. The Morgan fingerprint density at radius 1 is 0.971 bits per heavy atom. The summed E-state index contributed by atoms with van der Waals surface area (Å²) in [4.78, 5) is 8.50. The molecule has 0 aromatic carbocycles. The molecule has 0 spiro atoms. The quantitative estimate of drug-likeness (QED) is 0.414. The van der Waals surface area contributed by atoms with Gasteiger partial charge in [0.15, 0.2) is 0 Å². The van der Waals surface area contributed by atoms with E-state index in [2.05, 4.69) is 24.8 Å². The van der Waals surface area contributed by atoms with E-state index in [1.54, 1.807) is 12.4 Å². The fraction of sp³-hybridized carbons (Fsp3) is 0.520. The van der Waals surface area contributed by atoms with Gasteiger partial charge in [-0.1, -0.05) is 45.1 Å². The third kappa shape index (κ3) is 7.72. The van der Waals surface area contributed by atoms with Crippen LogP contribution in [0.2, 0.25) is 0 Å². The van der Waals surface area contributed by atoms with Crippen LogP contribution in [0.25, 0.3) is 0 Å². The Hall–Kier alpha value is -2.62. The highest BCUT2D eigenvalue weighted by Gasteiger charge is 2.31. The zero-order chi connectivity index (χ0) is 22.3. The van der Waals surface area contributed by atoms with Gasteiger partial charge < -0.3 is 0 Å². The van der Waals surface area contributed by atoms with Crippen LogP contribution in [0.5, 0.6) is 0 Å². The fourth-order valence-corrected chi connectivity index (χ4v) is 8.16. The minimum Gasteiger partial charge on any atom is -0.261 e. The summed E-state index contributed by atoms with van der Waals surface area (Å²) in [7, 11) is -2.49. The van der Waals surface area contributed by atoms with Crippen molar-refractivity contribution in [1.82, 2.24) is 9.97 Å². The Morgan fingerprint density at radius 2 is 1.59 bits per heavy atom. The highest BCUT2D eigenvalue weighted by molar-refractivity contribution is 7.94. The first-order chi connectivity index (χ1) is 15.0. The van der Waals surface area contributed by atoms with E-state index in [1.807, 2.05) is 44.4 Å². The average molecular weight is 506 g/mol. The monoisotopic (exact) mass is 505 g/mol. The Kier molecular flexibility index (Phi) is 13.5. The van der Waals surface area contributed by atoms with Gasteiger partial charge in [-0.15, -0.1) is 4.36 Å². The zero-order valence-electron chi connectivity index (χ0n) is 17.8. The summed E-state index contributed by atoms with van der Waals surface area (Å²) >= 11 is 0. The number of hydrogen-bond donors (Lipinski definition) is 0. The molecule has 2 fully saturated rings. The summed E-state index contributed by atoms with van der Waals surface area (Å²) < 4.78 is 20.0. The molecule has 0 amide bonds. The van der Waals surface area contributed by atoms with Crippen molar-refractivity contribution >= 4 is 20.4 Å². The SMILES string of the molecule is C.C.C.Cc1ccc(C2CCCS2(=O)=NC#N)cn1.Cc1ccc(C2CCCS2=NC#N)cn1.[2HH]. The second-order valence-corrected chi connectivity index (χ2v) is 12.1. The van der Waals surface area contributed by atoms with Crippen LogP contribution < -0.4 is 0 Å². The van der Waals surface area contributed by atoms with Crippen LogP contribution in [0.4, 0.5) is 0 Å². The maximum absolute atomic E-state index is 12.4. The minimum atomic E-state index is -2.39. The molecule has 0 saturated carbocycles. The molecule has 34 heavy (non-hydrogen) atoms. The molecule has 0 bridgehead atoms. The van der Waals surface area contributed by atoms with Crippen LogP contribution in [0, 0.1) is 36.8 Å². The van der Waals surface area contributed by atoms with Crippen molar-refractivity contribution in [1.29, 1.82) is 10.5 Å². The maximum atomic E-state index is 12.4. The Labute approximate surface area is 210 Å². The van der Waals surface area contributed by atoms with Crippen molar-refractivity contribution in [2.45, 2.75) is 72.3 Å². The maximum Gasteiger partial charge on any atom is 0.214 e. The summed E-state index contributed by atoms with van der Waals surface area (Å²) in [5.41, 5.74) is 4.15. The lowest BCUT2D eigenvalue weighted by Gasteiger charge is -2.11. The van der Waals surface area contributed by atoms with E-state index in [1.165, 1.54) is 12.0 Å². The van der Waals surface area contributed by atoms with Gasteiger partial charge in [0, 0.05) is 42.0 Å². The summed E-state index contributed by atoms with van der Waals surface area (Å²) in [6.45, 7) is 3.90. The van der Waals surface area contributed by atoms with Crippen LogP contribution in [-0.2, 0) is 20.4 Å². The van der Waals surface area contributed by atoms with E-state index >= 15 is 0 Å². The van der Waals surface area contributed by atoms with E-state index in [4.69, 9.17) is 10.5 Å². The van der Waals surface area contributed by atoms with Gasteiger partial charge in [0.25, 0.3) is 0 Å². The molecule has 0 aliphatic carbocycles. The molecule has 0 radical (unpaired) electrons. The summed E-state index contributed by atoms with van der Waals surface area (Å²) in [5, 5.41) is 17.5. The Morgan fingerprint density at radius 3 is 2.12 bits per heavy atom. The van der Waals surface area contributed by atoms with Crippen molar-refractivity contribution in [2.24, 2.45) is 8.73 Å². The molecular formula is C25H40N6OS2. The molecule has 2 aliphatic rings. The van der Waals surface area contributed by atoms with Gasteiger partial charge in [0.05, 0.1) is 15.0 Å². The van der Waals surface area contributed by atoms with Crippen molar-refractivity contribution < 1.29 is 5.64 Å². The highest BCUT2D eigenvalue weighted by atomic mass is 32.2. The number of pyridine rings is 2. The van der Waals surface area contributed by atoms with E-state index in [9.17, 15) is 4.21 Å². The molecule has 4 heterocycles. The zero-order valence-corrected chi connectivity index (χ0v) is 19.4. The molecule has 2 saturated heterocycles. The standard InChI is InChI=1S/C11H13N3OS.C11H13N3S.3CH4.H2/c1-9-4-5-10(7-13-9)11-3-2-6-16(11,15)14-8-12;1-9-4-5-10(7-13-9)11-3-2-6-15(11)14-8-12;;;;/h4-5,7,11H,2-3,6H2,1H3;4-5,7,11H,2-3,6H2,1H3;3*1H4;1H/i;;;;;1+1. The second-order valence-electron chi connectivity index (χ2n) is 7.61. The lowest BCUT2D eigenvalue weighted by molar-refractivity contribution is 0.672. The number of aromatic nitrogens is 2. The third-order valence-corrected chi connectivity index (χ3v) is 10.3. The fourth-order valence-electron chi connectivity index (χ4n) is 3.88. The van der Waals surface area contributed by atoms with Gasteiger partial charge in [0.2, 0.25) is 12.4 Å². The molecule has 2 aromatic rings. The first-order valence-corrected chi connectivity index (χ1v) is 13.4.